The summed E-state index contributed by atoms with van der Waals surface area (Å²) in [6.07, 6.45) is 0.00449. The van der Waals surface area contributed by atoms with Crippen LogP contribution in [0.3, 0.4) is 0 Å². The highest BCUT2D eigenvalue weighted by Crippen LogP contribution is 2.35. The van der Waals surface area contributed by atoms with Crippen LogP contribution < -0.4 is 15.0 Å². The quantitative estimate of drug-likeness (QED) is 0.538. The lowest BCUT2D eigenvalue weighted by Gasteiger charge is -2.16. The summed E-state index contributed by atoms with van der Waals surface area (Å²) in [5.41, 5.74) is 2.38. The van der Waals surface area contributed by atoms with Crippen molar-refractivity contribution in [2.75, 3.05) is 10.2 Å². The number of amides is 2. The fourth-order valence-corrected chi connectivity index (χ4v) is 3.60. The average Bonchev–Trinajstić information content (AvgIpc) is 2.98. The van der Waals surface area contributed by atoms with E-state index in [1.54, 1.807) is 36.4 Å². The third kappa shape index (κ3) is 4.12. The lowest BCUT2D eigenvalue weighted by Crippen LogP contribution is -2.33. The molecule has 0 unspecified atom stereocenters. The Kier molecular flexibility index (Phi) is 5.77. The summed E-state index contributed by atoms with van der Waals surface area (Å²) in [6.45, 7) is 5.78. The zero-order chi connectivity index (χ0) is 22.8. The molecule has 1 heterocycles. The molecule has 162 valence electrons. The van der Waals surface area contributed by atoms with Gasteiger partial charge in [0.15, 0.2) is 0 Å². The normalized spacial score (nSPS) is 13.8. The Morgan fingerprint density at radius 1 is 0.906 bits per heavy atom. The van der Waals surface area contributed by atoms with Crippen LogP contribution in [0.4, 0.5) is 15.8 Å². The molecule has 1 aliphatic heterocycles. The maximum Gasteiger partial charge on any atom is 0.282 e. The van der Waals surface area contributed by atoms with Gasteiger partial charge in [0.05, 0.1) is 17.4 Å². The van der Waals surface area contributed by atoms with Gasteiger partial charge in [-0.3, -0.25) is 9.59 Å². The van der Waals surface area contributed by atoms with Gasteiger partial charge >= 0.3 is 0 Å². The number of nitrogens with zero attached hydrogens (tertiary/aromatic N) is 1. The van der Waals surface area contributed by atoms with Gasteiger partial charge in [-0.2, -0.15) is 0 Å². The van der Waals surface area contributed by atoms with E-state index in [1.807, 2.05) is 39.0 Å². The van der Waals surface area contributed by atoms with Gasteiger partial charge in [0.1, 0.15) is 17.3 Å². The standard InChI is InChI=1S/C26H23FN2O3/c1-16(2)32-20-13-11-18(12-14-20)23-24(28-19-8-6-7-17(3)15-19)26(31)29(25(23)30)22-10-5-4-9-21(22)27/h4-16,28H,1-3H3. The van der Waals surface area contributed by atoms with Crippen molar-refractivity contribution in [2.45, 2.75) is 26.9 Å². The fraction of sp³-hybridized carbons (Fsp3) is 0.154. The zero-order valence-electron chi connectivity index (χ0n) is 18.1. The maximum absolute atomic E-state index is 14.5. The van der Waals surface area contributed by atoms with Crippen LogP contribution in [0.1, 0.15) is 25.0 Å². The first kappa shape index (κ1) is 21.3. The van der Waals surface area contributed by atoms with Crippen molar-refractivity contribution in [3.63, 3.8) is 0 Å². The third-order valence-corrected chi connectivity index (χ3v) is 4.98. The summed E-state index contributed by atoms with van der Waals surface area (Å²) >= 11 is 0. The van der Waals surface area contributed by atoms with Gasteiger partial charge in [-0.1, -0.05) is 36.4 Å². The second kappa shape index (κ2) is 8.67. The van der Waals surface area contributed by atoms with Gasteiger partial charge in [0, 0.05) is 5.69 Å². The summed E-state index contributed by atoms with van der Waals surface area (Å²) in [5.74, 6) is -1.20. The predicted octanol–water partition coefficient (Wildman–Crippen LogP) is 5.32. The number of para-hydroxylation sites is 1. The first-order valence-electron chi connectivity index (χ1n) is 10.3. The molecule has 0 saturated heterocycles. The van der Waals surface area contributed by atoms with Gasteiger partial charge in [0.2, 0.25) is 0 Å². The molecule has 3 aromatic rings. The number of halogens is 1. The van der Waals surface area contributed by atoms with Crippen molar-refractivity contribution < 1.29 is 18.7 Å². The Bertz CT molecular complexity index is 1220. The van der Waals surface area contributed by atoms with Crippen LogP contribution in [-0.2, 0) is 9.59 Å². The Morgan fingerprint density at radius 2 is 1.62 bits per heavy atom. The summed E-state index contributed by atoms with van der Waals surface area (Å²) in [6, 6.07) is 20.1. The highest BCUT2D eigenvalue weighted by molar-refractivity contribution is 6.46. The van der Waals surface area contributed by atoms with Crippen LogP contribution in [-0.4, -0.2) is 17.9 Å². The molecule has 0 bridgehead atoms. The molecule has 2 amide bonds. The summed E-state index contributed by atoms with van der Waals surface area (Å²) in [5, 5.41) is 3.09. The molecule has 0 saturated carbocycles. The summed E-state index contributed by atoms with van der Waals surface area (Å²) in [7, 11) is 0. The molecule has 4 rings (SSSR count). The van der Waals surface area contributed by atoms with E-state index in [-0.39, 0.29) is 23.1 Å². The maximum atomic E-state index is 14.5. The lowest BCUT2D eigenvalue weighted by molar-refractivity contribution is -0.120. The molecule has 6 heteroatoms. The molecule has 5 nitrogen and oxygen atoms in total. The van der Waals surface area contributed by atoms with Crippen LogP contribution in [0, 0.1) is 12.7 Å². The molecule has 1 N–H and O–H groups in total. The van der Waals surface area contributed by atoms with E-state index in [9.17, 15) is 14.0 Å². The number of benzene rings is 3. The van der Waals surface area contributed by atoms with E-state index in [0.29, 0.717) is 17.0 Å². The van der Waals surface area contributed by atoms with Crippen molar-refractivity contribution in [3.05, 3.63) is 95.4 Å². The van der Waals surface area contributed by atoms with Gasteiger partial charge < -0.3 is 10.1 Å². The van der Waals surface area contributed by atoms with Crippen LogP contribution in [0.2, 0.25) is 0 Å². The predicted molar refractivity (Wildman–Crippen MR) is 123 cm³/mol. The van der Waals surface area contributed by atoms with E-state index in [0.717, 1.165) is 10.5 Å². The minimum Gasteiger partial charge on any atom is -0.491 e. The van der Waals surface area contributed by atoms with E-state index >= 15 is 0 Å². The number of hydrogen-bond acceptors (Lipinski definition) is 4. The molecule has 0 atom stereocenters. The number of ether oxygens (including phenoxy) is 1. The van der Waals surface area contributed by atoms with Crippen LogP contribution in [0.5, 0.6) is 5.75 Å². The fourth-order valence-electron chi connectivity index (χ4n) is 3.60. The Hall–Kier alpha value is -3.93. The first-order valence-corrected chi connectivity index (χ1v) is 10.3. The highest BCUT2D eigenvalue weighted by atomic mass is 19.1. The number of hydrogen-bond donors (Lipinski definition) is 1. The Balaban J connectivity index is 1.80. The average molecular weight is 430 g/mol. The second-order valence-corrected chi connectivity index (χ2v) is 7.83. The SMILES string of the molecule is Cc1cccc(NC2=C(c3ccc(OC(C)C)cc3)C(=O)N(c3ccccc3F)C2=O)c1. The van der Waals surface area contributed by atoms with Crippen molar-refractivity contribution in [3.8, 4) is 5.75 Å². The molecule has 3 aromatic carbocycles. The van der Waals surface area contributed by atoms with E-state index in [2.05, 4.69) is 5.32 Å². The largest absolute Gasteiger partial charge is 0.491 e. The molecule has 0 aliphatic carbocycles. The third-order valence-electron chi connectivity index (χ3n) is 4.98. The number of aryl methyl sites for hydroxylation is 1. The minimum absolute atomic E-state index is 0.00449. The number of rotatable bonds is 6. The van der Waals surface area contributed by atoms with Gasteiger partial charge in [-0.15, -0.1) is 0 Å². The Morgan fingerprint density at radius 3 is 2.28 bits per heavy atom. The molecular formula is C26H23FN2O3. The lowest BCUT2D eigenvalue weighted by atomic mass is 10.0. The first-order chi connectivity index (χ1) is 15.3. The second-order valence-electron chi connectivity index (χ2n) is 7.83. The smallest absolute Gasteiger partial charge is 0.282 e. The number of carbonyl (C=O) groups excluding carboxylic acids is 2. The molecular weight excluding hydrogens is 407 g/mol. The van der Waals surface area contributed by atoms with Crippen LogP contribution in [0.15, 0.2) is 78.5 Å². The highest BCUT2D eigenvalue weighted by Gasteiger charge is 2.41. The van der Waals surface area contributed by atoms with Crippen molar-refractivity contribution in [2.24, 2.45) is 0 Å². The van der Waals surface area contributed by atoms with Crippen molar-refractivity contribution in [1.82, 2.24) is 0 Å². The summed E-state index contributed by atoms with van der Waals surface area (Å²) < 4.78 is 20.2. The monoisotopic (exact) mass is 430 g/mol. The molecule has 32 heavy (non-hydrogen) atoms. The number of anilines is 2. The van der Waals surface area contributed by atoms with Crippen LogP contribution >= 0.6 is 0 Å². The van der Waals surface area contributed by atoms with Crippen molar-refractivity contribution in [1.29, 1.82) is 0 Å². The number of nitrogens with one attached hydrogen (secondary N) is 1. The van der Waals surface area contributed by atoms with E-state index in [4.69, 9.17) is 4.74 Å². The minimum atomic E-state index is -0.647. The zero-order valence-corrected chi connectivity index (χ0v) is 18.1. The Labute approximate surface area is 186 Å². The molecule has 1 aliphatic rings. The number of carbonyl (C=O) groups is 2. The van der Waals surface area contributed by atoms with E-state index in [1.165, 1.54) is 18.2 Å². The molecule has 0 aromatic heterocycles. The summed E-state index contributed by atoms with van der Waals surface area (Å²) in [4.78, 5) is 27.6. The van der Waals surface area contributed by atoms with Crippen LogP contribution in [0.25, 0.3) is 5.57 Å². The topological polar surface area (TPSA) is 58.6 Å². The number of imide groups is 1. The molecule has 0 spiro atoms. The molecule has 0 radical (unpaired) electrons. The molecule has 0 fully saturated rings. The van der Waals surface area contributed by atoms with Gasteiger partial charge in [0.25, 0.3) is 11.8 Å². The van der Waals surface area contributed by atoms with E-state index < -0.39 is 17.6 Å². The van der Waals surface area contributed by atoms with Gasteiger partial charge in [-0.25, -0.2) is 9.29 Å². The van der Waals surface area contributed by atoms with Gasteiger partial charge in [-0.05, 0) is 68.3 Å². The van der Waals surface area contributed by atoms with Crippen molar-refractivity contribution >= 4 is 28.8 Å².